The molecule has 1 amide bonds. The lowest BCUT2D eigenvalue weighted by molar-refractivity contribution is 0.102. The van der Waals surface area contributed by atoms with Crippen molar-refractivity contribution in [2.45, 2.75) is 25.3 Å². The monoisotopic (exact) mass is 376 g/mol. The Bertz CT molecular complexity index is 904. The molecule has 0 unspecified atom stereocenters. The third-order valence-electron chi connectivity index (χ3n) is 4.19. The molecule has 26 heavy (non-hydrogen) atoms. The first-order valence-corrected chi connectivity index (χ1v) is 9.54. The van der Waals surface area contributed by atoms with Crippen LogP contribution < -0.4 is 5.32 Å². The third kappa shape index (κ3) is 4.30. The molecule has 2 aromatic rings. The molecule has 0 saturated carbocycles. The van der Waals surface area contributed by atoms with Gasteiger partial charge in [0, 0.05) is 32.5 Å². The van der Waals surface area contributed by atoms with Crippen LogP contribution >= 0.6 is 0 Å². The summed E-state index contributed by atoms with van der Waals surface area (Å²) in [4.78, 5) is 12.7. The summed E-state index contributed by atoms with van der Waals surface area (Å²) in [7, 11) is 0.982. The number of anilines is 1. The van der Waals surface area contributed by atoms with Crippen molar-refractivity contribution in [1.82, 2.24) is 4.31 Å². The highest BCUT2D eigenvalue weighted by Gasteiger charge is 2.20. The molecule has 2 rings (SSSR count). The highest BCUT2D eigenvalue weighted by atomic mass is 32.2. The molecule has 0 fully saturated rings. The molecule has 6 nitrogen and oxygen atoms in total. The predicted molar refractivity (Wildman–Crippen MR) is 102 cm³/mol. The van der Waals surface area contributed by atoms with Crippen molar-refractivity contribution in [3.8, 4) is 0 Å². The number of benzene rings is 2. The zero-order valence-electron chi connectivity index (χ0n) is 15.7. The molecule has 140 valence electrons. The minimum absolute atomic E-state index is 0.149. The fourth-order valence-electron chi connectivity index (χ4n) is 2.43. The average molecular weight is 376 g/mol. The number of ether oxygens (including phenoxy) is 1. The molecule has 0 atom stereocenters. The molecule has 0 aliphatic carbocycles. The van der Waals surface area contributed by atoms with Gasteiger partial charge >= 0.3 is 0 Å². The largest absolute Gasteiger partial charge is 0.380 e. The summed E-state index contributed by atoms with van der Waals surface area (Å²) >= 11 is 0. The lowest BCUT2D eigenvalue weighted by atomic mass is 10.1. The van der Waals surface area contributed by atoms with Crippen molar-refractivity contribution in [3.05, 3.63) is 58.7 Å². The van der Waals surface area contributed by atoms with Crippen LogP contribution in [0.1, 0.15) is 27.0 Å². The van der Waals surface area contributed by atoms with Crippen molar-refractivity contribution in [2.75, 3.05) is 26.5 Å². The van der Waals surface area contributed by atoms with E-state index >= 15 is 0 Å². The number of nitrogens with one attached hydrogen (secondary N) is 1. The van der Waals surface area contributed by atoms with E-state index in [1.165, 1.54) is 20.2 Å². The molecule has 0 aliphatic heterocycles. The van der Waals surface area contributed by atoms with Gasteiger partial charge in [0.15, 0.2) is 0 Å². The van der Waals surface area contributed by atoms with E-state index in [4.69, 9.17) is 4.74 Å². The number of amides is 1. The van der Waals surface area contributed by atoms with Gasteiger partial charge in [0.1, 0.15) is 0 Å². The van der Waals surface area contributed by atoms with Crippen LogP contribution in [0.4, 0.5) is 5.69 Å². The van der Waals surface area contributed by atoms with Crippen LogP contribution in [-0.4, -0.2) is 39.8 Å². The summed E-state index contributed by atoms with van der Waals surface area (Å²) < 4.78 is 31.0. The van der Waals surface area contributed by atoms with Crippen molar-refractivity contribution < 1.29 is 17.9 Å². The van der Waals surface area contributed by atoms with Crippen molar-refractivity contribution in [3.63, 3.8) is 0 Å². The number of sulfonamides is 1. The second kappa shape index (κ2) is 7.99. The first-order chi connectivity index (χ1) is 12.2. The van der Waals surface area contributed by atoms with E-state index in [1.54, 1.807) is 25.3 Å². The summed E-state index contributed by atoms with van der Waals surface area (Å²) in [6.07, 6.45) is 0. The summed E-state index contributed by atoms with van der Waals surface area (Å²) in [6.45, 7) is 4.14. The van der Waals surface area contributed by atoms with Gasteiger partial charge in [-0.1, -0.05) is 12.1 Å². The Kier molecular flexibility index (Phi) is 6.17. The summed E-state index contributed by atoms with van der Waals surface area (Å²) in [5.41, 5.74) is 3.56. The van der Waals surface area contributed by atoms with E-state index < -0.39 is 10.0 Å². The molecule has 0 aliphatic rings. The first kappa shape index (κ1) is 20.1. The molecular formula is C19H24N2O4S. The number of rotatable bonds is 6. The molecule has 2 aromatic carbocycles. The number of carbonyl (C=O) groups is 1. The van der Waals surface area contributed by atoms with E-state index in [1.807, 2.05) is 26.0 Å². The van der Waals surface area contributed by atoms with Crippen LogP contribution in [0.25, 0.3) is 0 Å². The summed E-state index contributed by atoms with van der Waals surface area (Å²) in [6, 6.07) is 10.2. The molecule has 0 aromatic heterocycles. The Balaban J connectivity index is 2.33. The summed E-state index contributed by atoms with van der Waals surface area (Å²) in [5.74, 6) is -0.295. The molecule has 1 N–H and O–H groups in total. The number of methoxy groups -OCH3 is 1. The maximum atomic E-state index is 12.5. The Morgan fingerprint density at radius 1 is 1.12 bits per heavy atom. The van der Waals surface area contributed by atoms with E-state index in [-0.39, 0.29) is 10.8 Å². The van der Waals surface area contributed by atoms with Crippen molar-refractivity contribution >= 4 is 21.6 Å². The van der Waals surface area contributed by atoms with Crippen LogP contribution in [0.5, 0.6) is 0 Å². The normalized spacial score (nSPS) is 11.6. The number of hydrogen-bond donors (Lipinski definition) is 1. The Morgan fingerprint density at radius 3 is 2.27 bits per heavy atom. The van der Waals surface area contributed by atoms with Gasteiger partial charge in [-0.3, -0.25) is 4.79 Å². The van der Waals surface area contributed by atoms with Crippen molar-refractivity contribution in [2.24, 2.45) is 0 Å². The van der Waals surface area contributed by atoms with Crippen LogP contribution in [0.3, 0.4) is 0 Å². The molecule has 7 heteroatoms. The lowest BCUT2D eigenvalue weighted by Gasteiger charge is -2.16. The lowest BCUT2D eigenvalue weighted by Crippen LogP contribution is -2.23. The molecule has 0 bridgehead atoms. The van der Waals surface area contributed by atoms with E-state index in [9.17, 15) is 13.2 Å². The molecule has 0 radical (unpaired) electrons. The zero-order valence-corrected chi connectivity index (χ0v) is 16.5. The Hall–Kier alpha value is -2.22. The van der Waals surface area contributed by atoms with Crippen LogP contribution in [0.15, 0.2) is 41.3 Å². The van der Waals surface area contributed by atoms with Gasteiger partial charge in [-0.2, -0.15) is 0 Å². The molecule has 0 saturated heterocycles. The van der Waals surface area contributed by atoms with E-state index in [0.717, 1.165) is 21.0 Å². The maximum absolute atomic E-state index is 12.5. The van der Waals surface area contributed by atoms with E-state index in [0.29, 0.717) is 17.9 Å². The highest BCUT2D eigenvalue weighted by molar-refractivity contribution is 7.89. The fraction of sp³-hybridized carbons (Fsp3) is 0.316. The maximum Gasteiger partial charge on any atom is 0.255 e. The van der Waals surface area contributed by atoms with Crippen molar-refractivity contribution in [1.29, 1.82) is 0 Å². The number of hydrogen-bond acceptors (Lipinski definition) is 4. The number of nitrogens with zero attached hydrogens (tertiary/aromatic N) is 1. The third-order valence-corrected chi connectivity index (χ3v) is 5.99. The van der Waals surface area contributed by atoms with Crippen LogP contribution in [-0.2, 0) is 21.4 Å². The smallest absolute Gasteiger partial charge is 0.255 e. The van der Waals surface area contributed by atoms with Crippen LogP contribution in [0, 0.1) is 13.8 Å². The second-order valence-electron chi connectivity index (χ2n) is 6.28. The minimum atomic E-state index is -3.58. The minimum Gasteiger partial charge on any atom is -0.380 e. The first-order valence-electron chi connectivity index (χ1n) is 8.10. The molecule has 0 heterocycles. The highest BCUT2D eigenvalue weighted by Crippen LogP contribution is 2.26. The second-order valence-corrected chi connectivity index (χ2v) is 8.44. The molecular weight excluding hydrogens is 352 g/mol. The Labute approximate surface area is 154 Å². The van der Waals surface area contributed by atoms with Gasteiger partial charge in [-0.15, -0.1) is 0 Å². The number of carbonyl (C=O) groups excluding carboxylic acids is 1. The van der Waals surface area contributed by atoms with Gasteiger partial charge < -0.3 is 10.1 Å². The Morgan fingerprint density at radius 2 is 1.73 bits per heavy atom. The van der Waals surface area contributed by atoms with Gasteiger partial charge in [0.2, 0.25) is 10.0 Å². The topological polar surface area (TPSA) is 75.7 Å². The van der Waals surface area contributed by atoms with Crippen LogP contribution in [0.2, 0.25) is 0 Å². The van der Waals surface area contributed by atoms with Gasteiger partial charge in [0.25, 0.3) is 5.91 Å². The zero-order chi connectivity index (χ0) is 19.5. The number of aryl methyl sites for hydroxylation is 1. The summed E-state index contributed by atoms with van der Waals surface area (Å²) in [5, 5.41) is 2.82. The molecule has 0 spiro atoms. The van der Waals surface area contributed by atoms with Gasteiger partial charge in [0.05, 0.1) is 11.5 Å². The van der Waals surface area contributed by atoms with Gasteiger partial charge in [-0.05, 0) is 54.8 Å². The predicted octanol–water partition coefficient (Wildman–Crippen LogP) is 2.95. The quantitative estimate of drug-likeness (QED) is 0.841. The van der Waals surface area contributed by atoms with Gasteiger partial charge in [-0.25, -0.2) is 12.7 Å². The average Bonchev–Trinajstić information content (AvgIpc) is 2.59. The van der Waals surface area contributed by atoms with E-state index in [2.05, 4.69) is 5.32 Å². The standard InChI is InChI=1S/C19H24N2O4S/c1-13-10-17(26(23,24)21(3)4)11-18(14(13)2)20-19(22)16-8-6-15(7-9-16)12-25-5/h6-11H,12H2,1-5H3,(H,20,22). The fourth-order valence-corrected chi connectivity index (χ4v) is 3.44. The SMILES string of the molecule is COCc1ccc(C(=O)Nc2cc(S(=O)(=O)N(C)C)cc(C)c2C)cc1.